The molecule has 1 amide bonds. The van der Waals surface area contributed by atoms with Crippen molar-refractivity contribution in [2.75, 3.05) is 37.7 Å². The molecule has 25 heavy (non-hydrogen) atoms. The smallest absolute Gasteiger partial charge is 0.257 e. The van der Waals surface area contributed by atoms with Gasteiger partial charge in [-0.2, -0.15) is 0 Å². The highest BCUT2D eigenvalue weighted by Crippen LogP contribution is 2.25. The van der Waals surface area contributed by atoms with Crippen molar-refractivity contribution in [2.24, 2.45) is 0 Å². The first-order valence-electron chi connectivity index (χ1n) is 8.43. The summed E-state index contributed by atoms with van der Waals surface area (Å²) >= 11 is 0. The van der Waals surface area contributed by atoms with Gasteiger partial charge in [0, 0.05) is 38.6 Å². The molecule has 7 heteroatoms. The zero-order chi connectivity index (χ0) is 17.6. The molecule has 2 heterocycles. The number of anilines is 1. The Morgan fingerprint density at radius 3 is 2.72 bits per heavy atom. The Morgan fingerprint density at radius 2 is 1.96 bits per heavy atom. The molecule has 0 radical (unpaired) electrons. The van der Waals surface area contributed by atoms with E-state index in [1.54, 1.807) is 36.4 Å². The first-order chi connectivity index (χ1) is 12.2. The number of hydrogen-bond donors (Lipinski definition) is 0. The summed E-state index contributed by atoms with van der Waals surface area (Å²) in [5, 5.41) is 0. The van der Waals surface area contributed by atoms with Gasteiger partial charge in [-0.05, 0) is 31.5 Å². The zero-order valence-corrected chi connectivity index (χ0v) is 14.2. The maximum absolute atomic E-state index is 14.0. The maximum atomic E-state index is 14.0. The Morgan fingerprint density at radius 1 is 1.16 bits per heavy atom. The summed E-state index contributed by atoms with van der Waals surface area (Å²) in [6.45, 7) is 4.61. The van der Waals surface area contributed by atoms with Gasteiger partial charge >= 0.3 is 0 Å². The Labute approximate surface area is 146 Å². The molecule has 1 aromatic carbocycles. The molecule has 2 aromatic rings. The van der Waals surface area contributed by atoms with Gasteiger partial charge in [-0.15, -0.1) is 0 Å². The number of para-hydroxylation sites is 1. The van der Waals surface area contributed by atoms with Gasteiger partial charge in [0.1, 0.15) is 0 Å². The highest BCUT2D eigenvalue weighted by atomic mass is 19.1. The van der Waals surface area contributed by atoms with E-state index < -0.39 is 5.82 Å². The highest BCUT2D eigenvalue weighted by Gasteiger charge is 2.24. The van der Waals surface area contributed by atoms with Crippen molar-refractivity contribution < 1.29 is 13.9 Å². The second kappa shape index (κ2) is 7.92. The van der Waals surface area contributed by atoms with Crippen molar-refractivity contribution in [3.8, 4) is 5.75 Å². The zero-order valence-electron chi connectivity index (χ0n) is 14.2. The standard InChI is InChI=1S/C18H21FN4O2/c1-2-25-16-14(6-3-7-15(16)19)17(24)22-10-5-11-23(13-12-22)18-20-8-4-9-21-18/h3-4,6-9H,2,5,10-13H2,1H3. The molecule has 1 aromatic heterocycles. The van der Waals surface area contributed by atoms with Crippen molar-refractivity contribution in [1.82, 2.24) is 14.9 Å². The second-order valence-electron chi connectivity index (χ2n) is 5.73. The van der Waals surface area contributed by atoms with E-state index in [0.717, 1.165) is 13.0 Å². The molecule has 6 nitrogen and oxygen atoms in total. The molecule has 0 spiro atoms. The van der Waals surface area contributed by atoms with Crippen molar-refractivity contribution in [3.05, 3.63) is 48.0 Å². The molecule has 0 atom stereocenters. The monoisotopic (exact) mass is 344 g/mol. The third kappa shape index (κ3) is 3.87. The Balaban J connectivity index is 1.75. The number of nitrogens with zero attached hydrogens (tertiary/aromatic N) is 4. The first-order valence-corrected chi connectivity index (χ1v) is 8.43. The second-order valence-corrected chi connectivity index (χ2v) is 5.73. The average molecular weight is 344 g/mol. The number of carbonyl (C=O) groups excluding carboxylic acids is 1. The van der Waals surface area contributed by atoms with Crippen LogP contribution in [-0.2, 0) is 0 Å². The Hall–Kier alpha value is -2.70. The number of amides is 1. The third-order valence-electron chi connectivity index (χ3n) is 4.10. The molecule has 1 saturated heterocycles. The summed E-state index contributed by atoms with van der Waals surface area (Å²) in [6.07, 6.45) is 4.21. The van der Waals surface area contributed by atoms with Gasteiger partial charge < -0.3 is 14.5 Å². The predicted molar refractivity (Wildman–Crippen MR) is 92.3 cm³/mol. The van der Waals surface area contributed by atoms with Gasteiger partial charge in [0.05, 0.1) is 12.2 Å². The molecular weight excluding hydrogens is 323 g/mol. The number of hydrogen-bond acceptors (Lipinski definition) is 5. The van der Waals surface area contributed by atoms with Gasteiger partial charge in [0.15, 0.2) is 11.6 Å². The van der Waals surface area contributed by atoms with E-state index in [1.807, 2.05) is 0 Å². The number of ether oxygens (including phenoxy) is 1. The summed E-state index contributed by atoms with van der Waals surface area (Å²) in [7, 11) is 0. The van der Waals surface area contributed by atoms with E-state index in [4.69, 9.17) is 4.74 Å². The van der Waals surface area contributed by atoms with Gasteiger partial charge in [-0.1, -0.05) is 6.07 Å². The molecule has 1 fully saturated rings. The number of halogens is 1. The summed E-state index contributed by atoms with van der Waals surface area (Å²) in [5.41, 5.74) is 0.270. The largest absolute Gasteiger partial charge is 0.490 e. The molecule has 3 rings (SSSR count). The Kier molecular flexibility index (Phi) is 5.42. The lowest BCUT2D eigenvalue weighted by Gasteiger charge is -2.23. The third-order valence-corrected chi connectivity index (χ3v) is 4.10. The molecule has 0 saturated carbocycles. The van der Waals surface area contributed by atoms with E-state index in [9.17, 15) is 9.18 Å². The van der Waals surface area contributed by atoms with Crippen LogP contribution in [0.2, 0.25) is 0 Å². The Bertz CT molecular complexity index is 726. The lowest BCUT2D eigenvalue weighted by atomic mass is 10.1. The van der Waals surface area contributed by atoms with Crippen LogP contribution in [0.5, 0.6) is 5.75 Å². The minimum absolute atomic E-state index is 0.0301. The number of aromatic nitrogens is 2. The van der Waals surface area contributed by atoms with E-state index in [0.29, 0.717) is 32.2 Å². The molecule has 0 N–H and O–H groups in total. The number of carbonyl (C=O) groups is 1. The molecule has 1 aliphatic rings. The topological polar surface area (TPSA) is 58.6 Å². The fourth-order valence-electron chi connectivity index (χ4n) is 2.91. The van der Waals surface area contributed by atoms with Crippen LogP contribution in [0, 0.1) is 5.82 Å². The number of rotatable bonds is 4. The minimum atomic E-state index is -0.512. The SMILES string of the molecule is CCOc1c(F)cccc1C(=O)N1CCCN(c2ncccn2)CC1. The first kappa shape index (κ1) is 17.1. The van der Waals surface area contributed by atoms with Crippen LogP contribution >= 0.6 is 0 Å². The van der Waals surface area contributed by atoms with Crippen LogP contribution in [0.25, 0.3) is 0 Å². The fourth-order valence-corrected chi connectivity index (χ4v) is 2.91. The van der Waals surface area contributed by atoms with Crippen LogP contribution in [0.15, 0.2) is 36.7 Å². The highest BCUT2D eigenvalue weighted by molar-refractivity contribution is 5.97. The van der Waals surface area contributed by atoms with Crippen molar-refractivity contribution in [3.63, 3.8) is 0 Å². The molecule has 0 unspecified atom stereocenters. The van der Waals surface area contributed by atoms with Crippen LogP contribution in [0.4, 0.5) is 10.3 Å². The van der Waals surface area contributed by atoms with Gasteiger partial charge in [0.25, 0.3) is 5.91 Å². The van der Waals surface area contributed by atoms with E-state index >= 15 is 0 Å². The van der Waals surface area contributed by atoms with Crippen molar-refractivity contribution in [1.29, 1.82) is 0 Å². The summed E-state index contributed by atoms with van der Waals surface area (Å²) in [4.78, 5) is 25.2. The van der Waals surface area contributed by atoms with Crippen LogP contribution in [0.3, 0.4) is 0 Å². The predicted octanol–water partition coefficient (Wildman–Crippen LogP) is 2.37. The fraction of sp³-hybridized carbons (Fsp3) is 0.389. The number of benzene rings is 1. The van der Waals surface area contributed by atoms with Crippen LogP contribution < -0.4 is 9.64 Å². The van der Waals surface area contributed by atoms with Gasteiger partial charge in [-0.25, -0.2) is 14.4 Å². The van der Waals surface area contributed by atoms with E-state index in [2.05, 4.69) is 14.9 Å². The van der Waals surface area contributed by atoms with Gasteiger partial charge in [0.2, 0.25) is 5.95 Å². The average Bonchev–Trinajstić information content (AvgIpc) is 2.90. The van der Waals surface area contributed by atoms with Crippen LogP contribution in [0.1, 0.15) is 23.7 Å². The summed E-state index contributed by atoms with van der Waals surface area (Å²) in [6, 6.07) is 6.22. The van der Waals surface area contributed by atoms with Crippen LogP contribution in [-0.4, -0.2) is 53.6 Å². The quantitative estimate of drug-likeness (QED) is 0.852. The molecular formula is C18H21FN4O2. The normalized spacial score (nSPS) is 15.0. The summed E-state index contributed by atoms with van der Waals surface area (Å²) in [5.74, 6) is -0.0272. The lowest BCUT2D eigenvalue weighted by Crippen LogP contribution is -2.35. The van der Waals surface area contributed by atoms with Gasteiger partial charge in [-0.3, -0.25) is 4.79 Å². The minimum Gasteiger partial charge on any atom is -0.490 e. The molecule has 0 aliphatic carbocycles. The van der Waals surface area contributed by atoms with E-state index in [1.165, 1.54) is 12.1 Å². The lowest BCUT2D eigenvalue weighted by molar-refractivity contribution is 0.0761. The molecule has 132 valence electrons. The molecule has 1 aliphatic heterocycles. The maximum Gasteiger partial charge on any atom is 0.257 e. The summed E-state index contributed by atoms with van der Waals surface area (Å²) < 4.78 is 19.4. The van der Waals surface area contributed by atoms with E-state index in [-0.39, 0.29) is 17.2 Å². The van der Waals surface area contributed by atoms with Crippen molar-refractivity contribution >= 4 is 11.9 Å². The van der Waals surface area contributed by atoms with Crippen molar-refractivity contribution in [2.45, 2.75) is 13.3 Å². The molecule has 0 bridgehead atoms.